The topological polar surface area (TPSA) is 0 Å². The fourth-order valence-corrected chi connectivity index (χ4v) is 2.56. The summed E-state index contributed by atoms with van der Waals surface area (Å²) in [6, 6.07) is 0. The highest BCUT2D eigenvalue weighted by Gasteiger charge is 2.40. The van der Waals surface area contributed by atoms with Crippen molar-refractivity contribution in [1.29, 1.82) is 0 Å². The Bertz CT molecular complexity index is 134. The highest BCUT2D eigenvalue weighted by molar-refractivity contribution is 6.18. The summed E-state index contributed by atoms with van der Waals surface area (Å²) in [7, 11) is 0. The van der Waals surface area contributed by atoms with Crippen LogP contribution in [-0.4, -0.2) is 5.88 Å². The van der Waals surface area contributed by atoms with Gasteiger partial charge in [-0.2, -0.15) is 0 Å². The molecule has 11 heavy (non-hydrogen) atoms. The fraction of sp³-hybridized carbons (Fsp3) is 0.800. The van der Waals surface area contributed by atoms with Crippen molar-refractivity contribution in [2.24, 2.45) is 11.3 Å². The number of alkyl halides is 1. The van der Waals surface area contributed by atoms with Crippen molar-refractivity contribution in [1.82, 2.24) is 0 Å². The Morgan fingerprint density at radius 3 is 2.64 bits per heavy atom. The van der Waals surface area contributed by atoms with Crippen LogP contribution in [0, 0.1) is 11.3 Å². The van der Waals surface area contributed by atoms with Crippen LogP contribution in [0.4, 0.5) is 0 Å². The Balaban J connectivity index is 2.31. The van der Waals surface area contributed by atoms with Crippen LogP contribution in [0.2, 0.25) is 0 Å². The zero-order valence-electron chi connectivity index (χ0n) is 7.28. The minimum Gasteiger partial charge on any atom is -0.126 e. The predicted molar refractivity (Wildman–Crippen MR) is 51.0 cm³/mol. The van der Waals surface area contributed by atoms with Crippen LogP contribution in [0.25, 0.3) is 0 Å². The molecular formula is C10H17Cl. The number of rotatable bonds is 4. The molecule has 0 unspecified atom stereocenters. The van der Waals surface area contributed by atoms with Crippen LogP contribution in [0.1, 0.15) is 32.6 Å². The molecule has 1 rings (SSSR count). The SMILES string of the molecule is C=CCCC1(CCl)CC(C)C1. The van der Waals surface area contributed by atoms with Gasteiger partial charge in [-0.25, -0.2) is 0 Å². The molecule has 1 fully saturated rings. The summed E-state index contributed by atoms with van der Waals surface area (Å²) >= 11 is 5.93. The van der Waals surface area contributed by atoms with Crippen molar-refractivity contribution in [2.75, 3.05) is 5.88 Å². The summed E-state index contributed by atoms with van der Waals surface area (Å²) < 4.78 is 0. The van der Waals surface area contributed by atoms with Gasteiger partial charge in [0.2, 0.25) is 0 Å². The Kier molecular flexibility index (Phi) is 3.00. The molecule has 0 nitrogen and oxygen atoms in total. The summed E-state index contributed by atoms with van der Waals surface area (Å²) in [6.07, 6.45) is 7.01. The highest BCUT2D eigenvalue weighted by Crippen LogP contribution is 2.49. The Morgan fingerprint density at radius 2 is 2.27 bits per heavy atom. The van der Waals surface area contributed by atoms with Gasteiger partial charge < -0.3 is 0 Å². The third-order valence-electron chi connectivity index (χ3n) is 2.73. The standard InChI is InChI=1S/C10H17Cl/c1-3-4-5-10(8-11)6-9(2)7-10/h3,9H,1,4-8H2,2H3. The van der Waals surface area contributed by atoms with Gasteiger partial charge in [0.1, 0.15) is 0 Å². The summed E-state index contributed by atoms with van der Waals surface area (Å²) in [5, 5.41) is 0. The zero-order chi connectivity index (χ0) is 8.32. The van der Waals surface area contributed by atoms with Gasteiger partial charge in [-0.3, -0.25) is 0 Å². The minimum atomic E-state index is 0.481. The molecule has 0 N–H and O–H groups in total. The molecule has 1 saturated carbocycles. The quantitative estimate of drug-likeness (QED) is 0.449. The molecule has 0 aromatic rings. The molecular weight excluding hydrogens is 156 g/mol. The van der Waals surface area contributed by atoms with Gasteiger partial charge in [0.05, 0.1) is 0 Å². The van der Waals surface area contributed by atoms with E-state index in [1.54, 1.807) is 0 Å². The summed E-state index contributed by atoms with van der Waals surface area (Å²) in [5.41, 5.74) is 0.481. The van der Waals surface area contributed by atoms with E-state index in [0.717, 1.165) is 18.2 Å². The molecule has 0 aliphatic heterocycles. The molecule has 0 saturated heterocycles. The van der Waals surface area contributed by atoms with E-state index in [1.165, 1.54) is 19.3 Å². The summed E-state index contributed by atoms with van der Waals surface area (Å²) in [5.74, 6) is 1.74. The predicted octanol–water partition coefficient (Wildman–Crippen LogP) is 3.61. The maximum absolute atomic E-state index is 5.93. The van der Waals surface area contributed by atoms with Gasteiger partial charge in [0.25, 0.3) is 0 Å². The number of hydrogen-bond acceptors (Lipinski definition) is 0. The lowest BCUT2D eigenvalue weighted by molar-refractivity contribution is 0.0828. The van der Waals surface area contributed by atoms with Gasteiger partial charge in [-0.15, -0.1) is 18.2 Å². The van der Waals surface area contributed by atoms with Crippen LogP contribution in [-0.2, 0) is 0 Å². The molecule has 0 spiro atoms. The second-order valence-electron chi connectivity index (χ2n) is 3.97. The van der Waals surface area contributed by atoms with Crippen LogP contribution in [0.3, 0.4) is 0 Å². The zero-order valence-corrected chi connectivity index (χ0v) is 8.03. The molecule has 1 aliphatic rings. The van der Waals surface area contributed by atoms with E-state index in [4.69, 9.17) is 11.6 Å². The van der Waals surface area contributed by atoms with E-state index in [9.17, 15) is 0 Å². The molecule has 64 valence electrons. The molecule has 0 atom stereocenters. The second-order valence-corrected chi connectivity index (χ2v) is 4.24. The molecule has 1 aliphatic carbocycles. The molecule has 0 aromatic carbocycles. The van der Waals surface area contributed by atoms with Gasteiger partial charge in [-0.1, -0.05) is 13.0 Å². The van der Waals surface area contributed by atoms with Crippen molar-refractivity contribution in [3.8, 4) is 0 Å². The average Bonchev–Trinajstić information content (AvgIpc) is 1.96. The molecule has 0 aromatic heterocycles. The first-order valence-corrected chi connectivity index (χ1v) is 4.93. The largest absolute Gasteiger partial charge is 0.126 e. The van der Waals surface area contributed by atoms with E-state index in [1.807, 2.05) is 6.08 Å². The first-order chi connectivity index (χ1) is 5.22. The van der Waals surface area contributed by atoms with E-state index in [0.29, 0.717) is 5.41 Å². The van der Waals surface area contributed by atoms with Crippen molar-refractivity contribution < 1.29 is 0 Å². The van der Waals surface area contributed by atoms with E-state index in [2.05, 4.69) is 13.5 Å². The lowest BCUT2D eigenvalue weighted by atomic mass is 9.62. The minimum absolute atomic E-state index is 0.481. The Labute approximate surface area is 74.6 Å². The molecule has 0 radical (unpaired) electrons. The van der Waals surface area contributed by atoms with Gasteiger partial charge in [-0.05, 0) is 37.0 Å². The van der Waals surface area contributed by atoms with Crippen LogP contribution >= 0.6 is 11.6 Å². The van der Waals surface area contributed by atoms with Gasteiger partial charge in [0.15, 0.2) is 0 Å². The summed E-state index contributed by atoms with van der Waals surface area (Å²) in [4.78, 5) is 0. The van der Waals surface area contributed by atoms with E-state index in [-0.39, 0.29) is 0 Å². The lowest BCUT2D eigenvalue weighted by Gasteiger charge is -2.45. The maximum Gasteiger partial charge on any atom is 0.0280 e. The molecule has 0 amide bonds. The third-order valence-corrected chi connectivity index (χ3v) is 3.29. The monoisotopic (exact) mass is 172 g/mol. The number of hydrogen-bond donors (Lipinski definition) is 0. The average molecular weight is 173 g/mol. The van der Waals surface area contributed by atoms with Crippen LogP contribution in [0.15, 0.2) is 12.7 Å². The van der Waals surface area contributed by atoms with Gasteiger partial charge >= 0.3 is 0 Å². The second kappa shape index (κ2) is 3.62. The maximum atomic E-state index is 5.93. The van der Waals surface area contributed by atoms with Crippen molar-refractivity contribution in [3.63, 3.8) is 0 Å². The normalized spacial score (nSPS) is 36.4. The van der Waals surface area contributed by atoms with E-state index >= 15 is 0 Å². The van der Waals surface area contributed by atoms with Crippen LogP contribution < -0.4 is 0 Å². The first kappa shape index (κ1) is 9.12. The molecule has 0 heterocycles. The summed E-state index contributed by atoms with van der Waals surface area (Å²) in [6.45, 7) is 6.04. The third kappa shape index (κ3) is 1.99. The van der Waals surface area contributed by atoms with Crippen molar-refractivity contribution >= 4 is 11.6 Å². The van der Waals surface area contributed by atoms with Crippen molar-refractivity contribution in [2.45, 2.75) is 32.6 Å². The first-order valence-electron chi connectivity index (χ1n) is 4.39. The lowest BCUT2D eigenvalue weighted by Crippen LogP contribution is -2.37. The van der Waals surface area contributed by atoms with E-state index < -0.39 is 0 Å². The number of allylic oxidation sites excluding steroid dienone is 1. The Hall–Kier alpha value is 0.0300. The van der Waals surface area contributed by atoms with Gasteiger partial charge in [0, 0.05) is 5.88 Å². The smallest absolute Gasteiger partial charge is 0.0280 e. The Morgan fingerprint density at radius 1 is 1.64 bits per heavy atom. The van der Waals surface area contributed by atoms with Crippen molar-refractivity contribution in [3.05, 3.63) is 12.7 Å². The molecule has 0 bridgehead atoms. The number of halogens is 1. The fourth-order valence-electron chi connectivity index (χ4n) is 2.21. The van der Waals surface area contributed by atoms with Crippen LogP contribution in [0.5, 0.6) is 0 Å². The highest BCUT2D eigenvalue weighted by atomic mass is 35.5. The molecule has 1 heteroatoms.